The second kappa shape index (κ2) is 7.54. The Morgan fingerprint density at radius 3 is 2.56 bits per heavy atom. The summed E-state index contributed by atoms with van der Waals surface area (Å²) in [5.41, 5.74) is 3.92. The van der Waals surface area contributed by atoms with E-state index in [0.717, 1.165) is 31.6 Å². The maximum absolute atomic E-state index is 12.9. The molecule has 3 rings (SSSR count). The third kappa shape index (κ3) is 3.85. The molecule has 0 unspecified atom stereocenters. The molecule has 3 aromatic rings. The maximum atomic E-state index is 12.9. The summed E-state index contributed by atoms with van der Waals surface area (Å²) in [4.78, 5) is 17.5. The summed E-state index contributed by atoms with van der Waals surface area (Å²) in [5.74, 6) is 0. The predicted octanol–water partition coefficient (Wildman–Crippen LogP) is 5.01. The number of aryl methyl sites for hydroxylation is 1. The maximum Gasteiger partial charge on any atom is 0.280 e. The van der Waals surface area contributed by atoms with Gasteiger partial charge in [-0.3, -0.25) is 14.9 Å². The third-order valence-electron chi connectivity index (χ3n) is 3.93. The van der Waals surface area contributed by atoms with Crippen molar-refractivity contribution in [2.75, 3.05) is 0 Å². The predicted molar refractivity (Wildman–Crippen MR) is 109 cm³/mol. The van der Waals surface area contributed by atoms with Crippen molar-refractivity contribution in [1.29, 1.82) is 0 Å². The smallest absolute Gasteiger partial charge is 0.280 e. The van der Waals surface area contributed by atoms with E-state index in [2.05, 4.69) is 42.0 Å². The average Bonchev–Trinajstić information content (AvgIpc) is 2.88. The zero-order valence-corrected chi connectivity index (χ0v) is 17.1. The summed E-state index contributed by atoms with van der Waals surface area (Å²) in [6, 6.07) is 15.7. The number of rotatable bonds is 4. The fourth-order valence-corrected chi connectivity index (χ4v) is 3.90. The van der Waals surface area contributed by atoms with Gasteiger partial charge in [-0.1, -0.05) is 46.3 Å². The van der Waals surface area contributed by atoms with Gasteiger partial charge in [0.25, 0.3) is 5.56 Å². The minimum Gasteiger partial charge on any atom is -0.295 e. The van der Waals surface area contributed by atoms with Crippen LogP contribution in [0.15, 0.2) is 67.3 Å². The monoisotopic (exact) mass is 461 g/mol. The summed E-state index contributed by atoms with van der Waals surface area (Å²) in [7, 11) is 0. The van der Waals surface area contributed by atoms with Crippen molar-refractivity contribution in [3.05, 3.63) is 84.7 Å². The lowest BCUT2D eigenvalue weighted by molar-refractivity contribution is 0.831. The Labute approximate surface area is 162 Å². The Morgan fingerprint density at radius 2 is 1.88 bits per heavy atom. The number of aromatic amines is 1. The van der Waals surface area contributed by atoms with E-state index >= 15 is 0 Å². The zero-order chi connectivity index (χ0) is 18.0. The topological polar surface area (TPSA) is 50.1 Å². The van der Waals surface area contributed by atoms with Crippen molar-refractivity contribution in [3.63, 3.8) is 0 Å². The standard InChI is InChI=1S/C19H17Br2N3O/c1-12(22-11-14-6-4-3-5-7-14)18-13(2)23-24(19(18)25)17-9-8-15(20)10-16(17)21/h3-10,23H,11H2,1-2H3. The largest absolute Gasteiger partial charge is 0.295 e. The van der Waals surface area contributed by atoms with E-state index in [1.807, 2.05) is 62.4 Å². The third-order valence-corrected chi connectivity index (χ3v) is 5.05. The van der Waals surface area contributed by atoms with Crippen molar-refractivity contribution in [1.82, 2.24) is 9.78 Å². The molecular weight excluding hydrogens is 446 g/mol. The molecular formula is C19H17Br2N3O. The van der Waals surface area contributed by atoms with Crippen molar-refractivity contribution >= 4 is 37.6 Å². The number of halogens is 2. The van der Waals surface area contributed by atoms with E-state index in [9.17, 15) is 4.79 Å². The quantitative estimate of drug-likeness (QED) is 0.544. The molecule has 0 spiro atoms. The highest BCUT2D eigenvalue weighted by molar-refractivity contribution is 9.11. The van der Waals surface area contributed by atoms with Crippen molar-refractivity contribution in [3.8, 4) is 5.69 Å². The Balaban J connectivity index is 1.98. The van der Waals surface area contributed by atoms with Gasteiger partial charge in [0.05, 0.1) is 17.8 Å². The first kappa shape index (κ1) is 17.9. The van der Waals surface area contributed by atoms with Gasteiger partial charge in [-0.05, 0) is 53.5 Å². The van der Waals surface area contributed by atoms with Crippen LogP contribution in [0.25, 0.3) is 5.69 Å². The minimum absolute atomic E-state index is 0.102. The Morgan fingerprint density at radius 1 is 1.16 bits per heavy atom. The molecule has 4 nitrogen and oxygen atoms in total. The molecule has 25 heavy (non-hydrogen) atoms. The lowest BCUT2D eigenvalue weighted by Gasteiger charge is -2.05. The summed E-state index contributed by atoms with van der Waals surface area (Å²) in [6.45, 7) is 4.32. The van der Waals surface area contributed by atoms with Crippen LogP contribution in [0.4, 0.5) is 0 Å². The molecule has 1 heterocycles. The van der Waals surface area contributed by atoms with E-state index < -0.39 is 0 Å². The molecule has 128 valence electrons. The highest BCUT2D eigenvalue weighted by atomic mass is 79.9. The Kier molecular flexibility index (Phi) is 5.39. The fourth-order valence-electron chi connectivity index (χ4n) is 2.68. The molecule has 0 bridgehead atoms. The van der Waals surface area contributed by atoms with Crippen LogP contribution in [0.2, 0.25) is 0 Å². The SMILES string of the molecule is CC(=NCc1ccccc1)c1c(C)[nH]n(-c2ccc(Br)cc2Br)c1=O. The number of benzene rings is 2. The molecule has 0 saturated carbocycles. The lowest BCUT2D eigenvalue weighted by Crippen LogP contribution is -2.20. The van der Waals surface area contributed by atoms with E-state index in [-0.39, 0.29) is 5.56 Å². The first-order valence-corrected chi connectivity index (χ1v) is 9.38. The Hall–Kier alpha value is -1.92. The fraction of sp³-hybridized carbons (Fsp3) is 0.158. The Bertz CT molecular complexity index is 988. The van der Waals surface area contributed by atoms with E-state index in [4.69, 9.17) is 0 Å². The highest BCUT2D eigenvalue weighted by Crippen LogP contribution is 2.24. The van der Waals surface area contributed by atoms with Gasteiger partial charge in [0, 0.05) is 20.4 Å². The molecule has 0 aliphatic carbocycles. The van der Waals surface area contributed by atoms with Gasteiger partial charge in [-0.2, -0.15) is 0 Å². The molecule has 1 aromatic heterocycles. The second-order valence-electron chi connectivity index (χ2n) is 5.74. The minimum atomic E-state index is -0.102. The van der Waals surface area contributed by atoms with Crippen molar-refractivity contribution in [2.45, 2.75) is 20.4 Å². The van der Waals surface area contributed by atoms with E-state index in [0.29, 0.717) is 12.1 Å². The van der Waals surface area contributed by atoms with Crippen molar-refractivity contribution in [2.24, 2.45) is 4.99 Å². The molecule has 0 aliphatic rings. The summed E-state index contributed by atoms with van der Waals surface area (Å²) in [6.07, 6.45) is 0. The lowest BCUT2D eigenvalue weighted by atomic mass is 10.1. The molecule has 0 aliphatic heterocycles. The number of nitrogens with zero attached hydrogens (tertiary/aromatic N) is 2. The van der Waals surface area contributed by atoms with Crippen LogP contribution < -0.4 is 5.56 Å². The van der Waals surface area contributed by atoms with Crippen LogP contribution in [0.3, 0.4) is 0 Å². The van der Waals surface area contributed by atoms with Crippen LogP contribution in [0, 0.1) is 6.92 Å². The van der Waals surface area contributed by atoms with Gasteiger partial charge in [0.1, 0.15) is 0 Å². The number of H-pyrrole nitrogens is 1. The van der Waals surface area contributed by atoms with Crippen LogP contribution in [0.1, 0.15) is 23.7 Å². The summed E-state index contributed by atoms with van der Waals surface area (Å²) >= 11 is 6.94. The first-order valence-electron chi connectivity index (χ1n) is 7.80. The van der Waals surface area contributed by atoms with Gasteiger partial charge < -0.3 is 0 Å². The molecule has 0 fully saturated rings. The van der Waals surface area contributed by atoms with Crippen LogP contribution in [-0.4, -0.2) is 15.5 Å². The molecule has 0 atom stereocenters. The molecule has 0 saturated heterocycles. The van der Waals surface area contributed by atoms with Crippen LogP contribution in [-0.2, 0) is 6.54 Å². The van der Waals surface area contributed by atoms with Crippen molar-refractivity contribution < 1.29 is 0 Å². The van der Waals surface area contributed by atoms with E-state index in [1.165, 1.54) is 0 Å². The molecule has 2 aromatic carbocycles. The number of nitrogens with one attached hydrogen (secondary N) is 1. The number of hydrogen-bond donors (Lipinski definition) is 1. The molecule has 0 radical (unpaired) electrons. The first-order chi connectivity index (χ1) is 12.0. The summed E-state index contributed by atoms with van der Waals surface area (Å²) < 4.78 is 3.32. The van der Waals surface area contributed by atoms with Crippen LogP contribution >= 0.6 is 31.9 Å². The van der Waals surface area contributed by atoms with Gasteiger partial charge in [0.2, 0.25) is 0 Å². The number of aliphatic imine (C=N–C) groups is 1. The number of aromatic nitrogens is 2. The molecule has 0 amide bonds. The van der Waals surface area contributed by atoms with Crippen LogP contribution in [0.5, 0.6) is 0 Å². The highest BCUT2D eigenvalue weighted by Gasteiger charge is 2.16. The number of hydrogen-bond acceptors (Lipinski definition) is 2. The second-order valence-corrected chi connectivity index (χ2v) is 7.51. The molecule has 1 N–H and O–H groups in total. The van der Waals surface area contributed by atoms with Gasteiger partial charge in [-0.15, -0.1) is 0 Å². The summed E-state index contributed by atoms with van der Waals surface area (Å²) in [5, 5.41) is 3.15. The van der Waals surface area contributed by atoms with Gasteiger partial charge >= 0.3 is 0 Å². The van der Waals surface area contributed by atoms with Gasteiger partial charge in [0.15, 0.2) is 0 Å². The van der Waals surface area contributed by atoms with E-state index in [1.54, 1.807) is 4.68 Å². The zero-order valence-electron chi connectivity index (χ0n) is 13.9. The van der Waals surface area contributed by atoms with Gasteiger partial charge in [-0.25, -0.2) is 4.68 Å². The normalized spacial score (nSPS) is 11.8. The average molecular weight is 463 g/mol. The molecule has 6 heteroatoms.